The number of carbonyl (C=O) groups excluding carboxylic acids is 1. The lowest BCUT2D eigenvalue weighted by Crippen LogP contribution is -2.34. The van der Waals surface area contributed by atoms with Gasteiger partial charge in [-0.05, 0) is 53.7 Å². The molecule has 0 aliphatic rings. The van der Waals surface area contributed by atoms with Gasteiger partial charge in [0, 0.05) is 15.4 Å². The molecule has 0 bridgehead atoms. The molecule has 0 aliphatic heterocycles. The number of benzene rings is 3. The second-order valence-corrected chi connectivity index (χ2v) is 8.99. The van der Waals surface area contributed by atoms with Crippen molar-refractivity contribution in [3.8, 4) is 17.0 Å². The minimum atomic E-state index is -0.356. The quantitative estimate of drug-likeness (QED) is 0.320. The zero-order chi connectivity index (χ0) is 22.0. The summed E-state index contributed by atoms with van der Waals surface area (Å²) in [5.41, 5.74) is 3.11. The molecular formula is C23H18BrN3O2S2. The molecule has 1 amide bonds. The number of aryl methyl sites for hydroxylation is 1. The Morgan fingerprint density at radius 2 is 1.90 bits per heavy atom. The smallest absolute Gasteiger partial charge is 0.261 e. The molecule has 5 nitrogen and oxygen atoms in total. The maximum absolute atomic E-state index is 12.7. The van der Waals surface area contributed by atoms with Gasteiger partial charge < -0.3 is 10.1 Å². The zero-order valence-corrected chi connectivity index (χ0v) is 20.0. The van der Waals surface area contributed by atoms with Crippen molar-refractivity contribution >= 4 is 66.4 Å². The molecule has 3 aromatic carbocycles. The predicted molar refractivity (Wildman–Crippen MR) is 134 cm³/mol. The first kappa shape index (κ1) is 21.4. The summed E-state index contributed by atoms with van der Waals surface area (Å²) in [7, 11) is 1.54. The van der Waals surface area contributed by atoms with Gasteiger partial charge >= 0.3 is 0 Å². The van der Waals surface area contributed by atoms with Crippen molar-refractivity contribution < 1.29 is 9.53 Å². The highest BCUT2D eigenvalue weighted by Gasteiger charge is 2.17. The number of thiazole rings is 1. The van der Waals surface area contributed by atoms with Gasteiger partial charge in [0.2, 0.25) is 0 Å². The Labute approximate surface area is 197 Å². The molecule has 1 heterocycles. The molecular weight excluding hydrogens is 494 g/mol. The summed E-state index contributed by atoms with van der Waals surface area (Å²) in [4.78, 5) is 17.3. The monoisotopic (exact) mass is 511 g/mol. The van der Waals surface area contributed by atoms with Crippen molar-refractivity contribution in [2.24, 2.45) is 0 Å². The number of thiocarbonyl (C=S) groups is 1. The first-order chi connectivity index (χ1) is 14.9. The number of fused-ring (bicyclic) bond motifs is 1. The number of nitrogens with zero attached hydrogens (tertiary/aromatic N) is 1. The van der Waals surface area contributed by atoms with E-state index in [1.165, 1.54) is 23.8 Å². The number of hydrogen-bond donors (Lipinski definition) is 2. The van der Waals surface area contributed by atoms with E-state index < -0.39 is 0 Å². The van der Waals surface area contributed by atoms with Crippen molar-refractivity contribution in [1.29, 1.82) is 0 Å². The fourth-order valence-corrected chi connectivity index (χ4v) is 4.83. The van der Waals surface area contributed by atoms with Crippen LogP contribution >= 0.6 is 39.5 Å². The normalized spacial score (nSPS) is 10.7. The predicted octanol–water partition coefficient (Wildman–Crippen LogP) is 6.17. The van der Waals surface area contributed by atoms with E-state index >= 15 is 0 Å². The Bertz CT molecular complexity index is 1300. The number of nitrogens with one attached hydrogen (secondary N) is 2. The molecule has 0 aliphatic carbocycles. The number of hydrogen-bond acceptors (Lipinski definition) is 5. The lowest BCUT2D eigenvalue weighted by Gasteiger charge is -2.13. The number of amides is 1. The lowest BCUT2D eigenvalue weighted by molar-refractivity contribution is 0.0974. The van der Waals surface area contributed by atoms with E-state index in [0.29, 0.717) is 16.4 Å². The van der Waals surface area contributed by atoms with Gasteiger partial charge in [-0.25, -0.2) is 4.98 Å². The Kier molecular flexibility index (Phi) is 6.31. The van der Waals surface area contributed by atoms with E-state index in [4.69, 9.17) is 17.0 Å². The maximum Gasteiger partial charge on any atom is 0.261 e. The highest BCUT2D eigenvalue weighted by Crippen LogP contribution is 2.29. The minimum Gasteiger partial charge on any atom is -0.496 e. The van der Waals surface area contributed by atoms with Crippen LogP contribution in [0.25, 0.3) is 22.0 Å². The average molecular weight is 512 g/mol. The van der Waals surface area contributed by atoms with E-state index in [9.17, 15) is 4.79 Å². The van der Waals surface area contributed by atoms with Gasteiger partial charge in [-0.15, -0.1) is 11.3 Å². The van der Waals surface area contributed by atoms with E-state index in [2.05, 4.69) is 55.8 Å². The van der Waals surface area contributed by atoms with Crippen LogP contribution < -0.4 is 15.4 Å². The van der Waals surface area contributed by atoms with E-state index in [1.807, 2.05) is 36.6 Å². The molecule has 4 rings (SSSR count). The minimum absolute atomic E-state index is 0.170. The Morgan fingerprint density at radius 1 is 1.13 bits per heavy atom. The standard InChI is InChI=1S/C23H18BrN3O2S2/c1-13-9-17(24)11-18(20(13)29-2)21(28)26-22(30)27-23-25-19(12-31-23)16-8-7-14-5-3-4-6-15(14)10-16/h3-12H,1-2H3,(H2,25,26,27,28,30). The molecule has 0 saturated heterocycles. The van der Waals surface area contributed by atoms with Crippen LogP contribution in [0.15, 0.2) is 64.5 Å². The van der Waals surface area contributed by atoms with Crippen LogP contribution in [0.2, 0.25) is 0 Å². The summed E-state index contributed by atoms with van der Waals surface area (Å²) in [6.45, 7) is 1.88. The van der Waals surface area contributed by atoms with Gasteiger partial charge in [0.05, 0.1) is 18.4 Å². The largest absolute Gasteiger partial charge is 0.496 e. The Morgan fingerprint density at radius 3 is 2.68 bits per heavy atom. The summed E-state index contributed by atoms with van der Waals surface area (Å²) < 4.78 is 6.17. The maximum atomic E-state index is 12.7. The number of ether oxygens (including phenoxy) is 1. The SMILES string of the molecule is COc1c(C)cc(Br)cc1C(=O)NC(=S)Nc1nc(-c2ccc3ccccc3c2)cs1. The van der Waals surface area contributed by atoms with Gasteiger partial charge in [0.25, 0.3) is 5.91 Å². The first-order valence-corrected chi connectivity index (χ1v) is 11.4. The zero-order valence-electron chi connectivity index (χ0n) is 16.7. The topological polar surface area (TPSA) is 63.2 Å². The second kappa shape index (κ2) is 9.13. The third kappa shape index (κ3) is 4.76. The lowest BCUT2D eigenvalue weighted by atomic mass is 10.1. The Balaban J connectivity index is 1.47. The summed E-state index contributed by atoms with van der Waals surface area (Å²) >= 11 is 10.2. The van der Waals surface area contributed by atoms with E-state index in [0.717, 1.165) is 26.7 Å². The summed E-state index contributed by atoms with van der Waals surface area (Å²) in [6, 6.07) is 18.0. The van der Waals surface area contributed by atoms with E-state index in [-0.39, 0.29) is 11.0 Å². The van der Waals surface area contributed by atoms with Crippen molar-refractivity contribution in [2.45, 2.75) is 6.92 Å². The summed E-state index contributed by atoms with van der Waals surface area (Å²) in [5, 5.41) is 10.8. The van der Waals surface area contributed by atoms with Crippen LogP contribution in [0.4, 0.5) is 5.13 Å². The molecule has 0 saturated carbocycles. The number of halogens is 1. The number of aromatic nitrogens is 1. The van der Waals surface area contributed by atoms with Crippen LogP contribution in [0, 0.1) is 6.92 Å². The van der Waals surface area contributed by atoms with Gasteiger partial charge in [-0.1, -0.05) is 52.3 Å². The van der Waals surface area contributed by atoms with E-state index in [1.54, 1.807) is 6.07 Å². The molecule has 31 heavy (non-hydrogen) atoms. The highest BCUT2D eigenvalue weighted by atomic mass is 79.9. The Hall–Kier alpha value is -2.81. The van der Waals surface area contributed by atoms with Crippen LogP contribution in [0.3, 0.4) is 0 Å². The van der Waals surface area contributed by atoms with Crippen molar-refractivity contribution in [3.05, 3.63) is 75.6 Å². The molecule has 2 N–H and O–H groups in total. The summed E-state index contributed by atoms with van der Waals surface area (Å²) in [6.07, 6.45) is 0. The molecule has 156 valence electrons. The van der Waals surface area contributed by atoms with Gasteiger partial charge in [0.1, 0.15) is 5.75 Å². The fraction of sp³-hybridized carbons (Fsp3) is 0.0870. The number of carbonyl (C=O) groups is 1. The molecule has 0 spiro atoms. The molecule has 1 aromatic heterocycles. The molecule has 4 aromatic rings. The number of anilines is 1. The number of methoxy groups -OCH3 is 1. The molecule has 0 fully saturated rings. The molecule has 0 atom stereocenters. The fourth-order valence-electron chi connectivity index (χ4n) is 3.28. The molecule has 0 radical (unpaired) electrons. The van der Waals surface area contributed by atoms with Crippen LogP contribution in [0.1, 0.15) is 15.9 Å². The second-order valence-electron chi connectivity index (χ2n) is 6.81. The van der Waals surface area contributed by atoms with Gasteiger partial charge in [-0.2, -0.15) is 0 Å². The third-order valence-corrected chi connectivity index (χ3v) is 6.10. The first-order valence-electron chi connectivity index (χ1n) is 9.36. The number of rotatable bonds is 4. The van der Waals surface area contributed by atoms with Crippen molar-refractivity contribution in [3.63, 3.8) is 0 Å². The van der Waals surface area contributed by atoms with Crippen LogP contribution in [0.5, 0.6) is 5.75 Å². The van der Waals surface area contributed by atoms with Crippen LogP contribution in [-0.2, 0) is 0 Å². The van der Waals surface area contributed by atoms with Gasteiger partial charge in [-0.3, -0.25) is 10.1 Å². The van der Waals surface area contributed by atoms with Crippen LogP contribution in [-0.4, -0.2) is 23.1 Å². The van der Waals surface area contributed by atoms with Crippen molar-refractivity contribution in [1.82, 2.24) is 10.3 Å². The molecule has 0 unspecified atom stereocenters. The molecule has 8 heteroatoms. The van der Waals surface area contributed by atoms with Crippen molar-refractivity contribution in [2.75, 3.05) is 12.4 Å². The average Bonchev–Trinajstić information content (AvgIpc) is 3.21. The van der Waals surface area contributed by atoms with Gasteiger partial charge in [0.15, 0.2) is 10.2 Å². The highest BCUT2D eigenvalue weighted by molar-refractivity contribution is 9.10. The summed E-state index contributed by atoms with van der Waals surface area (Å²) in [5.74, 6) is 0.154. The third-order valence-electron chi connectivity index (χ3n) is 4.69.